The van der Waals surface area contributed by atoms with Crippen LogP contribution < -0.4 is 11.5 Å². The standard InChI is InChI=1S/C19H15F4N5/c1-10-8-16(27-17(25)13-9-11(20)6-7-15(13)24)28-18(26-10)12-4-2-3-5-14(12)19(21,22)23/h2-9H,24H2,1H3,(H2,25,26,27,28). The highest BCUT2D eigenvalue weighted by Crippen LogP contribution is 2.36. The molecule has 0 fully saturated rings. The van der Waals surface area contributed by atoms with Crippen molar-refractivity contribution in [1.82, 2.24) is 9.97 Å². The van der Waals surface area contributed by atoms with E-state index in [-0.39, 0.29) is 34.3 Å². The van der Waals surface area contributed by atoms with Crippen LogP contribution in [0.5, 0.6) is 0 Å². The number of aliphatic imine (C=N–C) groups is 1. The molecule has 144 valence electrons. The maximum Gasteiger partial charge on any atom is 0.417 e. The molecule has 0 unspecified atom stereocenters. The van der Waals surface area contributed by atoms with Crippen molar-refractivity contribution in [2.75, 3.05) is 5.73 Å². The number of halogens is 4. The Bertz CT molecular complexity index is 1060. The first-order chi connectivity index (χ1) is 13.1. The molecular weight excluding hydrogens is 374 g/mol. The molecule has 0 aliphatic carbocycles. The van der Waals surface area contributed by atoms with Crippen molar-refractivity contribution < 1.29 is 17.6 Å². The van der Waals surface area contributed by atoms with Gasteiger partial charge in [0.15, 0.2) is 11.6 Å². The molecule has 0 aliphatic heterocycles. The van der Waals surface area contributed by atoms with Crippen LogP contribution in [0.15, 0.2) is 53.5 Å². The molecule has 0 saturated heterocycles. The summed E-state index contributed by atoms with van der Waals surface area (Å²) in [6.45, 7) is 1.59. The zero-order valence-electron chi connectivity index (χ0n) is 14.6. The van der Waals surface area contributed by atoms with E-state index < -0.39 is 17.6 Å². The highest BCUT2D eigenvalue weighted by molar-refractivity contribution is 6.03. The summed E-state index contributed by atoms with van der Waals surface area (Å²) in [7, 11) is 0. The molecule has 0 atom stereocenters. The van der Waals surface area contributed by atoms with Crippen LogP contribution in [0.2, 0.25) is 0 Å². The molecule has 4 N–H and O–H groups in total. The summed E-state index contributed by atoms with van der Waals surface area (Å²) in [5.74, 6) is -0.793. The van der Waals surface area contributed by atoms with Crippen molar-refractivity contribution in [3.63, 3.8) is 0 Å². The van der Waals surface area contributed by atoms with E-state index in [9.17, 15) is 17.6 Å². The predicted molar refractivity (Wildman–Crippen MR) is 98.4 cm³/mol. The summed E-state index contributed by atoms with van der Waals surface area (Å²) < 4.78 is 53.3. The number of benzene rings is 2. The summed E-state index contributed by atoms with van der Waals surface area (Å²) in [4.78, 5) is 12.3. The number of anilines is 1. The van der Waals surface area contributed by atoms with Crippen molar-refractivity contribution in [2.24, 2.45) is 10.7 Å². The SMILES string of the molecule is Cc1cc(N=C(N)c2cc(F)ccc2N)nc(-c2ccccc2C(F)(F)F)n1. The molecule has 9 heteroatoms. The molecule has 0 radical (unpaired) electrons. The molecule has 3 aromatic rings. The van der Waals surface area contributed by atoms with Gasteiger partial charge in [0.05, 0.1) is 5.56 Å². The third-order valence-electron chi connectivity index (χ3n) is 3.84. The maximum atomic E-state index is 13.5. The molecule has 0 aliphatic rings. The van der Waals surface area contributed by atoms with E-state index in [0.717, 1.165) is 12.1 Å². The Hall–Kier alpha value is -3.49. The molecule has 0 amide bonds. The van der Waals surface area contributed by atoms with Crippen LogP contribution in [0.4, 0.5) is 29.1 Å². The van der Waals surface area contributed by atoms with Crippen LogP contribution in [0.3, 0.4) is 0 Å². The van der Waals surface area contributed by atoms with E-state index in [1.807, 2.05) is 0 Å². The Morgan fingerprint density at radius 1 is 1.04 bits per heavy atom. The first-order valence-corrected chi connectivity index (χ1v) is 8.07. The van der Waals surface area contributed by atoms with Crippen LogP contribution in [-0.2, 0) is 6.18 Å². The Balaban J connectivity index is 2.10. The summed E-state index contributed by atoms with van der Waals surface area (Å²) in [6, 6.07) is 10.0. The van der Waals surface area contributed by atoms with Gasteiger partial charge >= 0.3 is 6.18 Å². The molecular formula is C19H15F4N5. The molecule has 0 bridgehead atoms. The number of alkyl halides is 3. The maximum absolute atomic E-state index is 13.5. The second-order valence-electron chi connectivity index (χ2n) is 5.96. The lowest BCUT2D eigenvalue weighted by molar-refractivity contribution is -0.137. The van der Waals surface area contributed by atoms with Crippen LogP contribution in [-0.4, -0.2) is 15.8 Å². The minimum absolute atomic E-state index is 0.0284. The van der Waals surface area contributed by atoms with E-state index in [1.54, 1.807) is 6.92 Å². The topological polar surface area (TPSA) is 90.2 Å². The van der Waals surface area contributed by atoms with Crippen LogP contribution in [0, 0.1) is 12.7 Å². The number of aromatic nitrogens is 2. The summed E-state index contributed by atoms with van der Waals surface area (Å²) >= 11 is 0. The Morgan fingerprint density at radius 3 is 2.46 bits per heavy atom. The quantitative estimate of drug-likeness (QED) is 0.304. The molecule has 1 aromatic heterocycles. The molecule has 1 heterocycles. The van der Waals surface area contributed by atoms with Gasteiger partial charge in [-0.2, -0.15) is 13.2 Å². The molecule has 5 nitrogen and oxygen atoms in total. The number of hydrogen-bond donors (Lipinski definition) is 2. The van der Waals surface area contributed by atoms with Gasteiger partial charge in [0, 0.05) is 28.6 Å². The lowest BCUT2D eigenvalue weighted by Crippen LogP contribution is -2.15. The van der Waals surface area contributed by atoms with E-state index in [1.165, 1.54) is 36.4 Å². The van der Waals surface area contributed by atoms with Crippen molar-refractivity contribution in [1.29, 1.82) is 0 Å². The van der Waals surface area contributed by atoms with Gasteiger partial charge in [0.1, 0.15) is 11.7 Å². The van der Waals surface area contributed by atoms with Gasteiger partial charge in [0.25, 0.3) is 0 Å². The van der Waals surface area contributed by atoms with Gasteiger partial charge in [-0.3, -0.25) is 0 Å². The highest BCUT2D eigenvalue weighted by atomic mass is 19.4. The zero-order chi connectivity index (χ0) is 20.5. The largest absolute Gasteiger partial charge is 0.417 e. The lowest BCUT2D eigenvalue weighted by atomic mass is 10.1. The molecule has 0 saturated carbocycles. The number of nitrogens with zero attached hydrogens (tertiary/aromatic N) is 3. The smallest absolute Gasteiger partial charge is 0.398 e. The van der Waals surface area contributed by atoms with Crippen molar-refractivity contribution in [3.05, 3.63) is 71.2 Å². The lowest BCUT2D eigenvalue weighted by Gasteiger charge is -2.12. The average molecular weight is 389 g/mol. The highest BCUT2D eigenvalue weighted by Gasteiger charge is 2.34. The fraction of sp³-hybridized carbons (Fsp3) is 0.105. The Morgan fingerprint density at radius 2 is 1.75 bits per heavy atom. The number of aryl methyl sites for hydroxylation is 1. The van der Waals surface area contributed by atoms with Crippen LogP contribution in [0.1, 0.15) is 16.8 Å². The summed E-state index contributed by atoms with van der Waals surface area (Å²) in [6.07, 6.45) is -4.57. The van der Waals surface area contributed by atoms with Crippen molar-refractivity contribution >= 4 is 17.3 Å². The fourth-order valence-electron chi connectivity index (χ4n) is 2.59. The van der Waals surface area contributed by atoms with Gasteiger partial charge < -0.3 is 11.5 Å². The van der Waals surface area contributed by atoms with Gasteiger partial charge in [-0.25, -0.2) is 19.4 Å². The van der Waals surface area contributed by atoms with Gasteiger partial charge in [-0.15, -0.1) is 0 Å². The number of nitrogens with two attached hydrogens (primary N) is 2. The summed E-state index contributed by atoms with van der Waals surface area (Å²) in [5, 5.41) is 0. The second kappa shape index (κ2) is 7.26. The van der Waals surface area contributed by atoms with E-state index in [4.69, 9.17) is 11.5 Å². The predicted octanol–water partition coefficient (Wildman–Crippen LogP) is 4.23. The third-order valence-corrected chi connectivity index (χ3v) is 3.84. The second-order valence-corrected chi connectivity index (χ2v) is 5.96. The normalized spacial score (nSPS) is 12.2. The first-order valence-electron chi connectivity index (χ1n) is 8.07. The van der Waals surface area contributed by atoms with Gasteiger partial charge in [0.2, 0.25) is 0 Å². The van der Waals surface area contributed by atoms with Crippen molar-refractivity contribution in [3.8, 4) is 11.4 Å². The average Bonchev–Trinajstić information content (AvgIpc) is 2.62. The first kappa shape index (κ1) is 19.3. The Kier molecular flexibility index (Phi) is 5.00. The molecule has 2 aromatic carbocycles. The van der Waals surface area contributed by atoms with E-state index in [2.05, 4.69) is 15.0 Å². The molecule has 3 rings (SSSR count). The van der Waals surface area contributed by atoms with Crippen molar-refractivity contribution in [2.45, 2.75) is 13.1 Å². The Labute approximate surface area is 157 Å². The van der Waals surface area contributed by atoms with Crippen LogP contribution >= 0.6 is 0 Å². The van der Waals surface area contributed by atoms with Gasteiger partial charge in [-0.05, 0) is 31.2 Å². The molecule has 0 spiro atoms. The number of hydrogen-bond acceptors (Lipinski definition) is 4. The van der Waals surface area contributed by atoms with E-state index >= 15 is 0 Å². The monoisotopic (exact) mass is 389 g/mol. The fourth-order valence-corrected chi connectivity index (χ4v) is 2.59. The summed E-state index contributed by atoms with van der Waals surface area (Å²) in [5.41, 5.74) is 11.4. The number of rotatable bonds is 3. The van der Waals surface area contributed by atoms with Crippen LogP contribution in [0.25, 0.3) is 11.4 Å². The van der Waals surface area contributed by atoms with E-state index in [0.29, 0.717) is 5.69 Å². The third kappa shape index (κ3) is 4.08. The number of amidine groups is 1. The van der Waals surface area contributed by atoms with Gasteiger partial charge in [-0.1, -0.05) is 18.2 Å². The zero-order valence-corrected chi connectivity index (χ0v) is 14.6. The molecule has 28 heavy (non-hydrogen) atoms. The minimum atomic E-state index is -4.57. The minimum Gasteiger partial charge on any atom is -0.398 e. The number of nitrogen functional groups attached to an aromatic ring is 1.